The van der Waals surface area contributed by atoms with E-state index in [9.17, 15) is 10.0 Å². The quantitative estimate of drug-likeness (QED) is 0.637. The largest absolute Gasteiger partial charge is 0.619 e. The molecule has 0 spiro atoms. The van der Waals surface area contributed by atoms with Gasteiger partial charge in [0.1, 0.15) is 22.4 Å². The summed E-state index contributed by atoms with van der Waals surface area (Å²) in [5.74, 6) is 0.394. The second-order valence-electron chi connectivity index (χ2n) is 5.04. The van der Waals surface area contributed by atoms with Crippen molar-refractivity contribution in [1.82, 2.24) is 9.88 Å². The van der Waals surface area contributed by atoms with E-state index in [2.05, 4.69) is 4.98 Å². The number of ether oxygens (including phenoxy) is 1. The summed E-state index contributed by atoms with van der Waals surface area (Å²) in [7, 11) is 0. The molecule has 7 heteroatoms. The van der Waals surface area contributed by atoms with Crippen molar-refractivity contribution in [3.05, 3.63) is 58.8 Å². The van der Waals surface area contributed by atoms with Crippen molar-refractivity contribution < 1.29 is 14.3 Å². The molecule has 1 aliphatic rings. The van der Waals surface area contributed by atoms with E-state index in [0.29, 0.717) is 40.6 Å². The predicted molar refractivity (Wildman–Crippen MR) is 79.6 cm³/mol. The monoisotopic (exact) mass is 319 g/mol. The fourth-order valence-corrected chi connectivity index (χ4v) is 2.57. The van der Waals surface area contributed by atoms with Gasteiger partial charge in [0.15, 0.2) is 12.4 Å². The first kappa shape index (κ1) is 14.6. The number of rotatable bonds is 3. The van der Waals surface area contributed by atoms with Gasteiger partial charge in [-0.15, -0.1) is 0 Å². The Morgan fingerprint density at radius 1 is 1.50 bits per heavy atom. The first-order valence-electron chi connectivity index (χ1n) is 6.88. The van der Waals surface area contributed by atoms with E-state index in [1.807, 2.05) is 0 Å². The van der Waals surface area contributed by atoms with Crippen molar-refractivity contribution in [2.24, 2.45) is 0 Å². The molecule has 1 unspecified atom stereocenters. The minimum Gasteiger partial charge on any atom is -0.619 e. The summed E-state index contributed by atoms with van der Waals surface area (Å²) < 4.78 is 6.43. The molecule has 0 aliphatic carbocycles. The number of hydrogen-bond acceptors (Lipinski definition) is 4. The van der Waals surface area contributed by atoms with Gasteiger partial charge < -0.3 is 14.8 Å². The van der Waals surface area contributed by atoms with Gasteiger partial charge in [0, 0.05) is 37.5 Å². The molecule has 3 rings (SSSR count). The van der Waals surface area contributed by atoms with Crippen LogP contribution >= 0.6 is 11.6 Å². The van der Waals surface area contributed by atoms with Crippen LogP contribution in [0.15, 0.2) is 43.0 Å². The Balaban J connectivity index is 1.65. The predicted octanol–water partition coefficient (Wildman–Crippen LogP) is 1.66. The summed E-state index contributed by atoms with van der Waals surface area (Å²) in [6.45, 7) is 1.05. The minimum atomic E-state index is -0.169. The fraction of sp³-hybridized carbons (Fsp3) is 0.267. The molecule has 2 aromatic rings. The van der Waals surface area contributed by atoms with Gasteiger partial charge in [-0.25, -0.2) is 0 Å². The van der Waals surface area contributed by atoms with Crippen LogP contribution in [0.2, 0.25) is 5.02 Å². The van der Waals surface area contributed by atoms with Crippen LogP contribution in [-0.4, -0.2) is 35.0 Å². The molecule has 0 aromatic carbocycles. The summed E-state index contributed by atoms with van der Waals surface area (Å²) in [6, 6.07) is 4.88. The molecule has 22 heavy (non-hydrogen) atoms. The second kappa shape index (κ2) is 6.19. The highest BCUT2D eigenvalue weighted by molar-refractivity contribution is 6.31. The number of amides is 1. The Kier molecular flexibility index (Phi) is 4.11. The zero-order valence-electron chi connectivity index (χ0n) is 11.7. The van der Waals surface area contributed by atoms with E-state index in [0.717, 1.165) is 0 Å². The van der Waals surface area contributed by atoms with Gasteiger partial charge in [0.2, 0.25) is 0 Å². The van der Waals surface area contributed by atoms with Crippen molar-refractivity contribution >= 4 is 17.5 Å². The van der Waals surface area contributed by atoms with Gasteiger partial charge in [-0.3, -0.25) is 9.78 Å². The molecular formula is C15H14ClN3O3. The lowest BCUT2D eigenvalue weighted by atomic mass is 10.2. The number of carbonyl (C=O) groups is 1. The van der Waals surface area contributed by atoms with Gasteiger partial charge in [0.25, 0.3) is 5.91 Å². The molecular weight excluding hydrogens is 306 g/mol. The third-order valence-corrected chi connectivity index (χ3v) is 3.77. The summed E-state index contributed by atoms with van der Waals surface area (Å²) in [4.78, 5) is 17.9. The van der Waals surface area contributed by atoms with Gasteiger partial charge in [-0.05, 0) is 6.07 Å². The highest BCUT2D eigenvalue weighted by Gasteiger charge is 2.29. The molecule has 3 heterocycles. The molecule has 1 aliphatic heterocycles. The second-order valence-corrected chi connectivity index (χ2v) is 5.45. The number of nitrogens with zero attached hydrogens (tertiary/aromatic N) is 3. The summed E-state index contributed by atoms with van der Waals surface area (Å²) in [6.07, 6.45) is 6.34. The van der Waals surface area contributed by atoms with Crippen LogP contribution in [0.25, 0.3) is 0 Å². The maximum absolute atomic E-state index is 12.3. The van der Waals surface area contributed by atoms with Crippen LogP contribution in [-0.2, 0) is 0 Å². The Morgan fingerprint density at radius 2 is 2.36 bits per heavy atom. The summed E-state index contributed by atoms with van der Waals surface area (Å²) in [5, 5.41) is 11.7. The summed E-state index contributed by atoms with van der Waals surface area (Å²) in [5.41, 5.74) is 0.375. The first-order valence-corrected chi connectivity index (χ1v) is 7.25. The average molecular weight is 320 g/mol. The molecule has 1 amide bonds. The number of pyridine rings is 2. The Morgan fingerprint density at radius 3 is 3.14 bits per heavy atom. The lowest BCUT2D eigenvalue weighted by Gasteiger charge is -2.17. The Labute approximate surface area is 132 Å². The lowest BCUT2D eigenvalue weighted by Crippen LogP contribution is -2.33. The van der Waals surface area contributed by atoms with Gasteiger partial charge in [-0.2, -0.15) is 4.73 Å². The van der Waals surface area contributed by atoms with Gasteiger partial charge >= 0.3 is 0 Å². The van der Waals surface area contributed by atoms with Crippen LogP contribution < -0.4 is 9.47 Å². The number of hydrogen-bond donors (Lipinski definition) is 0. The summed E-state index contributed by atoms with van der Waals surface area (Å²) >= 11 is 6.01. The molecule has 1 saturated heterocycles. The molecule has 0 saturated carbocycles. The average Bonchev–Trinajstić information content (AvgIpc) is 2.97. The molecule has 0 bridgehead atoms. The number of carbonyl (C=O) groups excluding carboxylic acids is 1. The van der Waals surface area contributed by atoms with Crippen molar-refractivity contribution in [1.29, 1.82) is 0 Å². The normalized spacial score (nSPS) is 17.5. The SMILES string of the molecule is O=C(c1ccc[n+]([O-])c1)N1CCC(Oc2ccncc2Cl)C1. The molecule has 1 fully saturated rings. The zero-order valence-corrected chi connectivity index (χ0v) is 12.4. The Bertz CT molecular complexity index is 695. The minimum absolute atomic E-state index is 0.119. The number of aromatic nitrogens is 2. The van der Waals surface area contributed by atoms with Crippen LogP contribution in [0.1, 0.15) is 16.8 Å². The zero-order chi connectivity index (χ0) is 15.5. The van der Waals surface area contributed by atoms with Crippen LogP contribution in [0.3, 0.4) is 0 Å². The van der Waals surface area contributed by atoms with Crippen LogP contribution in [0.4, 0.5) is 0 Å². The van der Waals surface area contributed by atoms with Gasteiger partial charge in [0.05, 0.1) is 6.54 Å². The first-order chi connectivity index (χ1) is 10.6. The van der Waals surface area contributed by atoms with E-state index < -0.39 is 0 Å². The maximum Gasteiger partial charge on any atom is 0.260 e. The fourth-order valence-electron chi connectivity index (χ4n) is 2.41. The van der Waals surface area contributed by atoms with Crippen LogP contribution in [0.5, 0.6) is 5.75 Å². The molecule has 1 atom stereocenters. The highest BCUT2D eigenvalue weighted by atomic mass is 35.5. The third-order valence-electron chi connectivity index (χ3n) is 3.48. The van der Waals surface area contributed by atoms with E-state index >= 15 is 0 Å². The highest BCUT2D eigenvalue weighted by Crippen LogP contribution is 2.26. The van der Waals surface area contributed by atoms with E-state index in [1.165, 1.54) is 18.6 Å². The van der Waals surface area contributed by atoms with Crippen molar-refractivity contribution in [2.75, 3.05) is 13.1 Å². The third kappa shape index (κ3) is 3.12. The molecule has 6 nitrogen and oxygen atoms in total. The maximum atomic E-state index is 12.3. The smallest absolute Gasteiger partial charge is 0.260 e. The molecule has 0 radical (unpaired) electrons. The van der Waals surface area contributed by atoms with Gasteiger partial charge in [-0.1, -0.05) is 11.6 Å². The topological polar surface area (TPSA) is 69.4 Å². The van der Waals surface area contributed by atoms with E-state index in [-0.39, 0.29) is 12.0 Å². The molecule has 114 valence electrons. The van der Waals surface area contributed by atoms with E-state index in [1.54, 1.807) is 29.3 Å². The van der Waals surface area contributed by atoms with E-state index in [4.69, 9.17) is 16.3 Å². The molecule has 0 N–H and O–H groups in total. The van der Waals surface area contributed by atoms with Crippen molar-refractivity contribution in [3.63, 3.8) is 0 Å². The Hall–Kier alpha value is -2.34. The number of halogens is 1. The lowest BCUT2D eigenvalue weighted by molar-refractivity contribution is -0.605. The number of likely N-dealkylation sites (tertiary alicyclic amines) is 1. The van der Waals surface area contributed by atoms with Crippen molar-refractivity contribution in [3.8, 4) is 5.75 Å². The van der Waals surface area contributed by atoms with Crippen LogP contribution in [0, 0.1) is 5.21 Å². The van der Waals surface area contributed by atoms with Crippen molar-refractivity contribution in [2.45, 2.75) is 12.5 Å². The standard InChI is InChI=1S/C15H14ClN3O3/c16-13-8-17-5-3-14(13)22-12-4-7-18(10-12)15(20)11-2-1-6-19(21)9-11/h1-3,5-6,8-9,12H,4,7,10H2. The molecule has 2 aromatic heterocycles.